The summed E-state index contributed by atoms with van der Waals surface area (Å²) in [6.45, 7) is 6.94. The summed E-state index contributed by atoms with van der Waals surface area (Å²) in [5.41, 5.74) is 0.738. The van der Waals surface area contributed by atoms with Crippen molar-refractivity contribution in [1.82, 2.24) is 9.97 Å². The van der Waals surface area contributed by atoms with Crippen LogP contribution in [0.15, 0.2) is 6.20 Å². The summed E-state index contributed by atoms with van der Waals surface area (Å²) >= 11 is 5.98. The summed E-state index contributed by atoms with van der Waals surface area (Å²) in [5, 5.41) is 9.11. The number of halogens is 1. The number of nitrogens with zero attached hydrogens (tertiary/aromatic N) is 3. The first kappa shape index (κ1) is 14.3. The highest BCUT2D eigenvalue weighted by Crippen LogP contribution is 2.42. The van der Waals surface area contributed by atoms with Gasteiger partial charge in [0, 0.05) is 12.1 Å². The third kappa shape index (κ3) is 3.25. The lowest BCUT2D eigenvalue weighted by Gasteiger charge is -2.36. The highest BCUT2D eigenvalue weighted by molar-refractivity contribution is 6.30. The molecule has 19 heavy (non-hydrogen) atoms. The molecule has 1 aliphatic carbocycles. The van der Waals surface area contributed by atoms with Gasteiger partial charge in [0.25, 0.3) is 0 Å². The van der Waals surface area contributed by atoms with Crippen LogP contribution in [0.2, 0.25) is 5.15 Å². The van der Waals surface area contributed by atoms with Crippen molar-refractivity contribution in [3.8, 4) is 6.07 Å². The van der Waals surface area contributed by atoms with Gasteiger partial charge in [0.2, 0.25) is 0 Å². The quantitative estimate of drug-likeness (QED) is 0.718. The molecule has 1 saturated carbocycles. The zero-order chi connectivity index (χ0) is 14.0. The van der Waals surface area contributed by atoms with Crippen LogP contribution in [-0.4, -0.2) is 9.97 Å². The second-order valence-corrected chi connectivity index (χ2v) is 6.82. The number of rotatable bonds is 1. The van der Waals surface area contributed by atoms with Crippen LogP contribution in [0.5, 0.6) is 0 Å². The molecule has 1 aliphatic rings. The Labute approximate surface area is 120 Å². The molecular formula is C15H20ClN3. The second-order valence-electron chi connectivity index (χ2n) is 6.46. The summed E-state index contributed by atoms with van der Waals surface area (Å²) in [7, 11) is 0. The van der Waals surface area contributed by atoms with Gasteiger partial charge < -0.3 is 0 Å². The van der Waals surface area contributed by atoms with Gasteiger partial charge in [-0.2, -0.15) is 5.26 Å². The Morgan fingerprint density at radius 3 is 2.37 bits per heavy atom. The largest absolute Gasteiger partial charge is 0.240 e. The minimum absolute atomic E-state index is 0.283. The fraction of sp³-hybridized carbons (Fsp3) is 0.667. The molecular weight excluding hydrogens is 258 g/mol. The summed E-state index contributed by atoms with van der Waals surface area (Å²) < 4.78 is 0. The zero-order valence-electron chi connectivity index (χ0n) is 11.8. The normalized spacial score (nSPS) is 23.9. The van der Waals surface area contributed by atoms with Crippen LogP contribution < -0.4 is 0 Å². The van der Waals surface area contributed by atoms with Gasteiger partial charge in [-0.3, -0.25) is 0 Å². The van der Waals surface area contributed by atoms with E-state index in [-0.39, 0.29) is 5.15 Å². The first-order valence-corrected chi connectivity index (χ1v) is 7.22. The molecule has 1 aromatic rings. The van der Waals surface area contributed by atoms with Crippen molar-refractivity contribution >= 4 is 11.6 Å². The zero-order valence-corrected chi connectivity index (χ0v) is 12.5. The third-order valence-corrected chi connectivity index (χ3v) is 4.49. The summed E-state index contributed by atoms with van der Waals surface area (Å²) in [6.07, 6.45) is 6.21. The molecule has 0 saturated heterocycles. The van der Waals surface area contributed by atoms with Crippen LogP contribution in [0.25, 0.3) is 0 Å². The van der Waals surface area contributed by atoms with Gasteiger partial charge >= 0.3 is 0 Å². The SMILES string of the molecule is CC(C)(C)C1CCC(c2ncc(C#N)c(Cl)n2)CC1. The average Bonchev–Trinajstić information content (AvgIpc) is 2.38. The van der Waals surface area contributed by atoms with Crippen molar-refractivity contribution in [2.75, 3.05) is 0 Å². The molecule has 0 spiro atoms. The minimum Gasteiger partial charge on any atom is -0.240 e. The summed E-state index contributed by atoms with van der Waals surface area (Å²) in [4.78, 5) is 8.59. The third-order valence-electron chi connectivity index (χ3n) is 4.20. The van der Waals surface area contributed by atoms with E-state index in [0.717, 1.165) is 24.6 Å². The van der Waals surface area contributed by atoms with Crippen LogP contribution in [0.4, 0.5) is 0 Å². The Morgan fingerprint density at radius 1 is 1.26 bits per heavy atom. The first-order chi connectivity index (χ1) is 8.91. The lowest BCUT2D eigenvalue weighted by Crippen LogP contribution is -2.25. The highest BCUT2D eigenvalue weighted by atomic mass is 35.5. The molecule has 4 heteroatoms. The Morgan fingerprint density at radius 2 is 1.89 bits per heavy atom. The van der Waals surface area contributed by atoms with E-state index in [1.165, 1.54) is 12.8 Å². The number of nitriles is 1. The standard InChI is InChI=1S/C15H20ClN3/c1-15(2,3)12-6-4-10(5-7-12)14-18-9-11(8-17)13(16)19-14/h9-10,12H,4-7H2,1-3H3. The number of aromatic nitrogens is 2. The van der Waals surface area contributed by atoms with Gasteiger partial charge in [-0.25, -0.2) is 9.97 Å². The van der Waals surface area contributed by atoms with Crippen molar-refractivity contribution in [2.24, 2.45) is 11.3 Å². The Bertz CT molecular complexity index is 491. The maximum atomic E-state index is 8.83. The Kier molecular flexibility index (Phi) is 4.10. The average molecular weight is 278 g/mol. The van der Waals surface area contributed by atoms with Crippen LogP contribution >= 0.6 is 11.6 Å². The summed E-state index contributed by atoms with van der Waals surface area (Å²) in [6, 6.07) is 2.00. The van der Waals surface area contributed by atoms with Crippen molar-refractivity contribution in [2.45, 2.75) is 52.4 Å². The monoisotopic (exact) mass is 277 g/mol. The van der Waals surface area contributed by atoms with E-state index in [1.54, 1.807) is 6.20 Å². The van der Waals surface area contributed by atoms with Gasteiger partial charge in [0.1, 0.15) is 17.5 Å². The van der Waals surface area contributed by atoms with E-state index < -0.39 is 0 Å². The molecule has 1 fully saturated rings. The molecule has 2 rings (SSSR count). The lowest BCUT2D eigenvalue weighted by molar-refractivity contribution is 0.167. The smallest absolute Gasteiger partial charge is 0.150 e. The van der Waals surface area contributed by atoms with Gasteiger partial charge in [-0.1, -0.05) is 32.4 Å². The fourth-order valence-corrected chi connectivity index (χ4v) is 3.04. The number of hydrogen-bond acceptors (Lipinski definition) is 3. The molecule has 0 unspecified atom stereocenters. The predicted molar refractivity (Wildman–Crippen MR) is 75.9 cm³/mol. The van der Waals surface area contributed by atoms with E-state index in [1.807, 2.05) is 6.07 Å². The van der Waals surface area contributed by atoms with Crippen LogP contribution in [-0.2, 0) is 0 Å². The van der Waals surface area contributed by atoms with E-state index in [4.69, 9.17) is 16.9 Å². The van der Waals surface area contributed by atoms with E-state index in [9.17, 15) is 0 Å². The second kappa shape index (κ2) is 5.46. The van der Waals surface area contributed by atoms with Crippen molar-refractivity contribution in [3.05, 3.63) is 22.7 Å². The molecule has 0 aliphatic heterocycles. The molecule has 1 heterocycles. The van der Waals surface area contributed by atoms with Gasteiger partial charge in [0.15, 0.2) is 5.15 Å². The van der Waals surface area contributed by atoms with Gasteiger partial charge in [-0.15, -0.1) is 0 Å². The molecule has 0 aromatic carbocycles. The van der Waals surface area contributed by atoms with Crippen LogP contribution in [0.1, 0.15) is 63.8 Å². The Balaban J connectivity index is 2.06. The molecule has 0 radical (unpaired) electrons. The topological polar surface area (TPSA) is 49.6 Å². The molecule has 0 N–H and O–H groups in total. The maximum Gasteiger partial charge on any atom is 0.150 e. The van der Waals surface area contributed by atoms with Crippen molar-refractivity contribution in [3.63, 3.8) is 0 Å². The van der Waals surface area contributed by atoms with E-state index in [0.29, 0.717) is 16.9 Å². The van der Waals surface area contributed by atoms with Gasteiger partial charge in [-0.05, 0) is 37.0 Å². The molecule has 1 aromatic heterocycles. The Hall–Kier alpha value is -1.14. The van der Waals surface area contributed by atoms with E-state index in [2.05, 4.69) is 30.7 Å². The van der Waals surface area contributed by atoms with Gasteiger partial charge in [0.05, 0.1) is 0 Å². The van der Waals surface area contributed by atoms with Crippen molar-refractivity contribution < 1.29 is 0 Å². The highest BCUT2D eigenvalue weighted by Gasteiger charge is 2.31. The predicted octanol–water partition coefficient (Wildman–Crippen LogP) is 4.32. The minimum atomic E-state index is 0.283. The molecule has 0 amide bonds. The lowest BCUT2D eigenvalue weighted by atomic mass is 9.70. The maximum absolute atomic E-state index is 8.83. The number of hydrogen-bond donors (Lipinski definition) is 0. The van der Waals surface area contributed by atoms with Crippen molar-refractivity contribution in [1.29, 1.82) is 5.26 Å². The molecule has 0 bridgehead atoms. The van der Waals surface area contributed by atoms with Crippen LogP contribution in [0, 0.1) is 22.7 Å². The van der Waals surface area contributed by atoms with Crippen LogP contribution in [0.3, 0.4) is 0 Å². The molecule has 102 valence electrons. The molecule has 0 atom stereocenters. The molecule has 3 nitrogen and oxygen atoms in total. The first-order valence-electron chi connectivity index (χ1n) is 6.84. The summed E-state index contributed by atoms with van der Waals surface area (Å²) in [5.74, 6) is 1.97. The fourth-order valence-electron chi connectivity index (χ4n) is 2.86. The van der Waals surface area contributed by atoms with E-state index >= 15 is 0 Å².